The van der Waals surface area contributed by atoms with Gasteiger partial charge in [-0.25, -0.2) is 18.7 Å². The van der Waals surface area contributed by atoms with Crippen LogP contribution in [0.2, 0.25) is 0 Å². The second kappa shape index (κ2) is 2.40. The summed E-state index contributed by atoms with van der Waals surface area (Å²) >= 11 is 0. The second-order valence-corrected chi connectivity index (χ2v) is 2.27. The van der Waals surface area contributed by atoms with Crippen LogP contribution in [0.3, 0.4) is 0 Å². The molecular weight excluding hydrogens is 144 g/mol. The molecule has 1 N–H and O–H groups in total. The first kappa shape index (κ1) is 7.24. The van der Waals surface area contributed by atoms with Crippen LogP contribution in [0.4, 0.5) is 13.6 Å². The van der Waals surface area contributed by atoms with Gasteiger partial charge in [0.2, 0.25) is 6.43 Å². The summed E-state index contributed by atoms with van der Waals surface area (Å²) in [6, 6.07) is -0.579. The summed E-state index contributed by atoms with van der Waals surface area (Å²) in [6.07, 6.45) is -3.67. The van der Waals surface area contributed by atoms with Gasteiger partial charge in [0.15, 0.2) is 0 Å². The fourth-order valence-corrected chi connectivity index (χ4v) is 0.810. The van der Waals surface area contributed by atoms with Gasteiger partial charge in [-0.2, -0.15) is 0 Å². The molecular formula is C5H6F2NO2. The Labute approximate surface area is 56.0 Å². The van der Waals surface area contributed by atoms with Crippen molar-refractivity contribution in [3.8, 4) is 0 Å². The van der Waals surface area contributed by atoms with Gasteiger partial charge < -0.3 is 5.32 Å². The molecule has 0 aliphatic heterocycles. The Hall–Kier alpha value is -0.870. The van der Waals surface area contributed by atoms with Gasteiger partial charge in [0.05, 0.1) is 0 Å². The van der Waals surface area contributed by atoms with Crippen LogP contribution < -0.4 is 5.32 Å². The maximum Gasteiger partial charge on any atom is 0.450 e. The van der Waals surface area contributed by atoms with E-state index in [2.05, 4.69) is 0 Å². The molecule has 10 heavy (non-hydrogen) atoms. The lowest BCUT2D eigenvalue weighted by Gasteiger charge is -1.95. The van der Waals surface area contributed by atoms with Crippen molar-refractivity contribution in [3.05, 3.63) is 0 Å². The van der Waals surface area contributed by atoms with E-state index in [1.807, 2.05) is 5.32 Å². The highest BCUT2D eigenvalue weighted by molar-refractivity contribution is 5.64. The van der Waals surface area contributed by atoms with Crippen molar-refractivity contribution in [3.63, 3.8) is 0 Å². The van der Waals surface area contributed by atoms with Crippen LogP contribution in [0.5, 0.6) is 0 Å². The molecule has 1 amide bonds. The highest BCUT2D eigenvalue weighted by Gasteiger charge is 2.45. The Morgan fingerprint density at radius 2 is 2.20 bits per heavy atom. The van der Waals surface area contributed by atoms with Crippen molar-refractivity contribution in [2.45, 2.75) is 18.9 Å². The highest BCUT2D eigenvalue weighted by Crippen LogP contribution is 2.35. The van der Waals surface area contributed by atoms with E-state index in [1.165, 1.54) is 0 Å². The molecule has 0 bridgehead atoms. The number of amides is 1. The predicted octanol–water partition coefficient (Wildman–Crippen LogP) is 0.780. The Morgan fingerprint density at radius 1 is 1.60 bits per heavy atom. The normalized spacial score (nSPS) is 30.3. The van der Waals surface area contributed by atoms with Crippen molar-refractivity contribution >= 4 is 6.09 Å². The van der Waals surface area contributed by atoms with Crippen molar-refractivity contribution < 1.29 is 18.7 Å². The van der Waals surface area contributed by atoms with Gasteiger partial charge in [-0.05, 0) is 6.42 Å². The monoisotopic (exact) mass is 150 g/mol. The van der Waals surface area contributed by atoms with Gasteiger partial charge >= 0.3 is 6.09 Å². The van der Waals surface area contributed by atoms with Crippen LogP contribution in [0, 0.1) is 5.92 Å². The predicted molar refractivity (Wildman–Crippen MR) is 27.1 cm³/mol. The Morgan fingerprint density at radius 3 is 2.50 bits per heavy atom. The van der Waals surface area contributed by atoms with Crippen LogP contribution >= 0.6 is 0 Å². The average Bonchev–Trinajstić information content (AvgIpc) is 2.43. The standard InChI is InChI=1S/C5H6F2NO2/c6-4(7)2-1-3(2)8-5(9)10/h2-4,8H,1H2. The quantitative estimate of drug-likeness (QED) is 0.621. The molecule has 0 aromatic carbocycles. The number of hydrogen-bond acceptors (Lipinski definition) is 1. The SMILES string of the molecule is [O]C(=O)NC1CC1C(F)F. The van der Waals surface area contributed by atoms with Crippen LogP contribution in [0.15, 0.2) is 0 Å². The van der Waals surface area contributed by atoms with Gasteiger partial charge in [0.1, 0.15) is 0 Å². The minimum absolute atomic E-state index is 0.228. The smallest absolute Gasteiger partial charge is 0.315 e. The van der Waals surface area contributed by atoms with Crippen LogP contribution in [-0.2, 0) is 5.11 Å². The molecule has 0 heterocycles. The van der Waals surface area contributed by atoms with Gasteiger partial charge in [-0.15, -0.1) is 0 Å². The molecule has 0 saturated heterocycles. The molecule has 0 aromatic heterocycles. The molecule has 0 aromatic rings. The van der Waals surface area contributed by atoms with E-state index in [0.29, 0.717) is 0 Å². The largest absolute Gasteiger partial charge is 0.450 e. The van der Waals surface area contributed by atoms with E-state index in [0.717, 1.165) is 0 Å². The fraction of sp³-hybridized carbons (Fsp3) is 0.800. The summed E-state index contributed by atoms with van der Waals surface area (Å²) in [7, 11) is 0. The number of nitrogens with one attached hydrogen (secondary N) is 1. The zero-order valence-electron chi connectivity index (χ0n) is 5.01. The van der Waals surface area contributed by atoms with E-state index in [1.54, 1.807) is 0 Å². The van der Waals surface area contributed by atoms with Crippen molar-refractivity contribution in [2.75, 3.05) is 0 Å². The highest BCUT2D eigenvalue weighted by atomic mass is 19.3. The minimum Gasteiger partial charge on any atom is -0.315 e. The summed E-state index contributed by atoms with van der Waals surface area (Å²) in [4.78, 5) is 9.75. The fourth-order valence-electron chi connectivity index (χ4n) is 0.810. The first-order valence-electron chi connectivity index (χ1n) is 2.87. The van der Waals surface area contributed by atoms with E-state index in [-0.39, 0.29) is 6.42 Å². The average molecular weight is 150 g/mol. The van der Waals surface area contributed by atoms with Gasteiger partial charge in [0.25, 0.3) is 0 Å². The topological polar surface area (TPSA) is 49.0 Å². The lowest BCUT2D eigenvalue weighted by Crippen LogP contribution is -2.24. The summed E-state index contributed by atoms with van der Waals surface area (Å²) < 4.78 is 23.3. The van der Waals surface area contributed by atoms with Crippen LogP contribution in [0.1, 0.15) is 6.42 Å². The van der Waals surface area contributed by atoms with Gasteiger partial charge in [-0.3, -0.25) is 0 Å². The zero-order chi connectivity index (χ0) is 7.72. The maximum absolute atomic E-state index is 11.7. The third-order valence-corrected chi connectivity index (χ3v) is 1.47. The van der Waals surface area contributed by atoms with Crippen LogP contribution in [0.25, 0.3) is 0 Å². The summed E-state index contributed by atoms with van der Waals surface area (Å²) in [5, 5.41) is 11.6. The molecule has 3 nitrogen and oxygen atoms in total. The number of carbonyl (C=O) groups is 1. The Kier molecular flexibility index (Phi) is 1.74. The van der Waals surface area contributed by atoms with Crippen molar-refractivity contribution in [1.29, 1.82) is 0 Å². The molecule has 1 radical (unpaired) electrons. The third-order valence-electron chi connectivity index (χ3n) is 1.47. The Balaban J connectivity index is 2.19. The number of alkyl halides is 2. The summed E-state index contributed by atoms with van der Waals surface area (Å²) in [5.41, 5.74) is 0. The molecule has 57 valence electrons. The summed E-state index contributed by atoms with van der Waals surface area (Å²) in [5.74, 6) is -0.794. The number of carbonyl (C=O) groups excluding carboxylic acids is 1. The molecule has 2 atom stereocenters. The summed E-state index contributed by atoms with van der Waals surface area (Å²) in [6.45, 7) is 0. The molecule has 1 saturated carbocycles. The van der Waals surface area contributed by atoms with E-state index >= 15 is 0 Å². The molecule has 1 rings (SSSR count). The van der Waals surface area contributed by atoms with E-state index in [4.69, 9.17) is 0 Å². The van der Waals surface area contributed by atoms with Gasteiger partial charge in [0, 0.05) is 12.0 Å². The number of rotatable bonds is 2. The number of halogens is 2. The minimum atomic E-state index is -2.42. The first-order chi connectivity index (χ1) is 4.61. The van der Waals surface area contributed by atoms with E-state index < -0.39 is 24.5 Å². The van der Waals surface area contributed by atoms with Crippen molar-refractivity contribution in [1.82, 2.24) is 5.32 Å². The molecule has 2 unspecified atom stereocenters. The maximum atomic E-state index is 11.7. The molecule has 1 aliphatic rings. The number of hydrogen-bond donors (Lipinski definition) is 1. The molecule has 1 fully saturated rings. The lowest BCUT2D eigenvalue weighted by molar-refractivity contribution is 0.117. The van der Waals surface area contributed by atoms with E-state index in [9.17, 15) is 18.7 Å². The zero-order valence-corrected chi connectivity index (χ0v) is 5.01. The molecule has 5 heteroatoms. The van der Waals surface area contributed by atoms with Gasteiger partial charge in [-0.1, -0.05) is 0 Å². The van der Waals surface area contributed by atoms with Crippen molar-refractivity contribution in [2.24, 2.45) is 5.92 Å². The lowest BCUT2D eigenvalue weighted by atomic mass is 10.4. The second-order valence-electron chi connectivity index (χ2n) is 2.27. The molecule has 0 spiro atoms. The third kappa shape index (κ3) is 1.55. The van der Waals surface area contributed by atoms with Crippen LogP contribution in [-0.4, -0.2) is 18.6 Å². The molecule has 1 aliphatic carbocycles. The Bertz CT molecular complexity index is 151. The first-order valence-corrected chi connectivity index (χ1v) is 2.87.